The second-order valence-corrected chi connectivity index (χ2v) is 10.8. The van der Waals surface area contributed by atoms with Crippen molar-refractivity contribution in [2.75, 3.05) is 25.2 Å². The van der Waals surface area contributed by atoms with E-state index in [0.29, 0.717) is 46.7 Å². The number of fused-ring (bicyclic) bond motifs is 1. The molecular formula is C24H30N4O4S. The number of benzene rings is 1. The number of hydrogen-bond donors (Lipinski definition) is 1. The summed E-state index contributed by atoms with van der Waals surface area (Å²) in [5.41, 5.74) is 3.12. The summed E-state index contributed by atoms with van der Waals surface area (Å²) in [6.45, 7) is 4.55. The highest BCUT2D eigenvalue weighted by Gasteiger charge is 2.32. The first-order valence-corrected chi connectivity index (χ1v) is 13.2. The van der Waals surface area contributed by atoms with Gasteiger partial charge in [-0.3, -0.25) is 4.79 Å². The van der Waals surface area contributed by atoms with Crippen molar-refractivity contribution in [1.82, 2.24) is 20.1 Å². The van der Waals surface area contributed by atoms with Crippen LogP contribution >= 0.6 is 0 Å². The SMILES string of the molecule is CCCCCNC(=O)c1cc(-c2cccc(OC)c2)nc2c1c(C)nn2[C@H]1CCS(=O)(=O)C1. The van der Waals surface area contributed by atoms with E-state index in [1.807, 2.05) is 31.2 Å². The van der Waals surface area contributed by atoms with E-state index in [0.717, 1.165) is 24.8 Å². The highest BCUT2D eigenvalue weighted by Crippen LogP contribution is 2.32. The zero-order valence-electron chi connectivity index (χ0n) is 19.3. The van der Waals surface area contributed by atoms with Gasteiger partial charge in [0.2, 0.25) is 0 Å². The molecule has 4 rings (SSSR count). The maximum atomic E-state index is 13.2. The topological polar surface area (TPSA) is 103 Å². The monoisotopic (exact) mass is 470 g/mol. The predicted molar refractivity (Wildman–Crippen MR) is 128 cm³/mol. The van der Waals surface area contributed by atoms with Crippen LogP contribution in [0.15, 0.2) is 30.3 Å². The van der Waals surface area contributed by atoms with Gasteiger partial charge in [0.15, 0.2) is 15.5 Å². The van der Waals surface area contributed by atoms with Crippen LogP contribution in [0, 0.1) is 6.92 Å². The van der Waals surface area contributed by atoms with Gasteiger partial charge in [-0.15, -0.1) is 0 Å². The molecule has 1 aliphatic heterocycles. The third kappa shape index (κ3) is 4.88. The summed E-state index contributed by atoms with van der Waals surface area (Å²) in [5.74, 6) is 0.682. The molecule has 176 valence electrons. The molecule has 2 aromatic heterocycles. The summed E-state index contributed by atoms with van der Waals surface area (Å²) in [5, 5.41) is 8.33. The third-order valence-corrected chi connectivity index (χ3v) is 7.82. The van der Waals surface area contributed by atoms with Crippen LogP contribution in [0.25, 0.3) is 22.3 Å². The summed E-state index contributed by atoms with van der Waals surface area (Å²) in [4.78, 5) is 18.1. The van der Waals surface area contributed by atoms with Crippen LogP contribution in [0.2, 0.25) is 0 Å². The fraction of sp³-hybridized carbons (Fsp3) is 0.458. The molecule has 1 atom stereocenters. The smallest absolute Gasteiger partial charge is 0.252 e. The number of hydrogen-bond acceptors (Lipinski definition) is 6. The van der Waals surface area contributed by atoms with Crippen molar-refractivity contribution in [3.05, 3.63) is 41.6 Å². The zero-order chi connectivity index (χ0) is 23.6. The number of amides is 1. The van der Waals surface area contributed by atoms with Crippen molar-refractivity contribution in [2.45, 2.75) is 45.6 Å². The summed E-state index contributed by atoms with van der Waals surface area (Å²) < 4.78 is 31.3. The largest absolute Gasteiger partial charge is 0.497 e. The number of aryl methyl sites for hydroxylation is 1. The molecule has 8 nitrogen and oxygen atoms in total. The van der Waals surface area contributed by atoms with Crippen LogP contribution in [-0.4, -0.2) is 54.2 Å². The first-order valence-electron chi connectivity index (χ1n) is 11.4. The number of unbranched alkanes of at least 4 members (excludes halogenated alkanes) is 2. The normalized spacial score (nSPS) is 17.4. The van der Waals surface area contributed by atoms with Gasteiger partial charge in [0.05, 0.1) is 47.0 Å². The number of carbonyl (C=O) groups is 1. The average molecular weight is 471 g/mol. The number of pyridine rings is 1. The fourth-order valence-electron chi connectivity index (χ4n) is 4.32. The quantitative estimate of drug-likeness (QED) is 0.504. The van der Waals surface area contributed by atoms with E-state index in [-0.39, 0.29) is 23.5 Å². The molecule has 1 aromatic carbocycles. The molecule has 3 aromatic rings. The molecule has 1 fully saturated rings. The molecule has 0 spiro atoms. The summed E-state index contributed by atoms with van der Waals surface area (Å²) >= 11 is 0. The van der Waals surface area contributed by atoms with Gasteiger partial charge in [-0.2, -0.15) is 5.10 Å². The summed E-state index contributed by atoms with van der Waals surface area (Å²) in [7, 11) is -1.50. The van der Waals surface area contributed by atoms with E-state index in [9.17, 15) is 13.2 Å². The number of methoxy groups -OCH3 is 1. The van der Waals surface area contributed by atoms with Gasteiger partial charge in [-0.05, 0) is 38.0 Å². The maximum Gasteiger partial charge on any atom is 0.252 e. The molecule has 1 aliphatic rings. The lowest BCUT2D eigenvalue weighted by Crippen LogP contribution is -2.25. The summed E-state index contributed by atoms with van der Waals surface area (Å²) in [6.07, 6.45) is 3.53. The molecule has 0 unspecified atom stereocenters. The number of nitrogens with one attached hydrogen (secondary N) is 1. The van der Waals surface area contributed by atoms with Gasteiger partial charge in [0.1, 0.15) is 5.75 Å². The van der Waals surface area contributed by atoms with Gasteiger partial charge in [0.25, 0.3) is 5.91 Å². The molecule has 3 heterocycles. The van der Waals surface area contributed by atoms with Gasteiger partial charge in [0, 0.05) is 12.1 Å². The zero-order valence-corrected chi connectivity index (χ0v) is 20.1. The summed E-state index contributed by atoms with van der Waals surface area (Å²) in [6, 6.07) is 8.99. The van der Waals surface area contributed by atoms with Crippen molar-refractivity contribution < 1.29 is 17.9 Å². The van der Waals surface area contributed by atoms with Crippen LogP contribution in [0.5, 0.6) is 5.75 Å². The fourth-order valence-corrected chi connectivity index (χ4v) is 6.01. The Hall–Kier alpha value is -2.94. The number of carbonyl (C=O) groups excluding carboxylic acids is 1. The molecule has 9 heteroatoms. The minimum atomic E-state index is -3.10. The van der Waals surface area contributed by atoms with Gasteiger partial charge in [-0.25, -0.2) is 18.1 Å². The van der Waals surface area contributed by atoms with Crippen molar-refractivity contribution in [2.24, 2.45) is 0 Å². The number of ether oxygens (including phenoxy) is 1. The molecule has 0 saturated carbocycles. The number of nitrogens with zero attached hydrogens (tertiary/aromatic N) is 3. The molecular weight excluding hydrogens is 440 g/mol. The molecule has 1 amide bonds. The second kappa shape index (κ2) is 9.51. The van der Waals surface area contributed by atoms with E-state index in [1.54, 1.807) is 17.9 Å². The van der Waals surface area contributed by atoms with E-state index in [2.05, 4.69) is 17.3 Å². The van der Waals surface area contributed by atoms with E-state index in [4.69, 9.17) is 9.72 Å². The average Bonchev–Trinajstić information content (AvgIpc) is 3.34. The Morgan fingerprint density at radius 2 is 2.09 bits per heavy atom. The highest BCUT2D eigenvalue weighted by molar-refractivity contribution is 7.91. The molecule has 1 N–H and O–H groups in total. The van der Waals surface area contributed by atoms with E-state index < -0.39 is 9.84 Å². The Morgan fingerprint density at radius 3 is 2.79 bits per heavy atom. The number of aromatic nitrogens is 3. The molecule has 1 saturated heterocycles. The molecule has 0 aliphatic carbocycles. The maximum absolute atomic E-state index is 13.2. The second-order valence-electron chi connectivity index (χ2n) is 8.54. The standard InChI is InChI=1S/C24H30N4O4S/c1-4-5-6-11-25-24(29)20-14-21(17-8-7-9-19(13-17)32-3)26-23-22(20)16(2)27-28(23)18-10-12-33(30,31)15-18/h7-9,13-14,18H,4-6,10-12,15H2,1-3H3,(H,25,29)/t18-/m0/s1. The molecule has 0 radical (unpaired) electrons. The van der Waals surface area contributed by atoms with Gasteiger partial charge >= 0.3 is 0 Å². The minimum absolute atomic E-state index is 0.0346. The highest BCUT2D eigenvalue weighted by atomic mass is 32.2. The van der Waals surface area contributed by atoms with Crippen LogP contribution < -0.4 is 10.1 Å². The Bertz CT molecular complexity index is 1280. The van der Waals surface area contributed by atoms with Gasteiger partial charge in [-0.1, -0.05) is 31.9 Å². The van der Waals surface area contributed by atoms with Crippen LogP contribution in [-0.2, 0) is 9.84 Å². The van der Waals surface area contributed by atoms with Crippen molar-refractivity contribution in [3.8, 4) is 17.0 Å². The number of sulfone groups is 1. The van der Waals surface area contributed by atoms with E-state index >= 15 is 0 Å². The van der Waals surface area contributed by atoms with Crippen LogP contribution in [0.1, 0.15) is 54.7 Å². The third-order valence-electron chi connectivity index (χ3n) is 6.07. The Kier molecular flexibility index (Phi) is 6.69. The Balaban J connectivity index is 1.84. The van der Waals surface area contributed by atoms with Crippen LogP contribution in [0.4, 0.5) is 0 Å². The molecule has 33 heavy (non-hydrogen) atoms. The van der Waals surface area contributed by atoms with Crippen molar-refractivity contribution in [3.63, 3.8) is 0 Å². The first kappa shape index (κ1) is 23.2. The van der Waals surface area contributed by atoms with Crippen LogP contribution in [0.3, 0.4) is 0 Å². The lowest BCUT2D eigenvalue weighted by atomic mass is 10.0. The lowest BCUT2D eigenvalue weighted by molar-refractivity contribution is 0.0954. The van der Waals surface area contributed by atoms with E-state index in [1.165, 1.54) is 0 Å². The first-order chi connectivity index (χ1) is 15.8. The van der Waals surface area contributed by atoms with Crippen molar-refractivity contribution in [1.29, 1.82) is 0 Å². The Morgan fingerprint density at radius 1 is 1.27 bits per heavy atom. The Labute approximate surface area is 194 Å². The van der Waals surface area contributed by atoms with Crippen molar-refractivity contribution >= 4 is 26.8 Å². The van der Waals surface area contributed by atoms with Gasteiger partial charge < -0.3 is 10.1 Å². The minimum Gasteiger partial charge on any atom is -0.497 e. The predicted octanol–water partition coefficient (Wildman–Crippen LogP) is 3.69. The molecule has 0 bridgehead atoms. The lowest BCUT2D eigenvalue weighted by Gasteiger charge is -2.13. The number of rotatable bonds is 8.